The van der Waals surface area contributed by atoms with Crippen molar-refractivity contribution in [3.05, 3.63) is 48.6 Å². The van der Waals surface area contributed by atoms with E-state index in [4.69, 9.17) is 13.8 Å². The van der Waals surface area contributed by atoms with Gasteiger partial charge in [0, 0.05) is 12.8 Å². The number of nitrogens with zero attached hydrogens (tertiary/aromatic N) is 1. The summed E-state index contributed by atoms with van der Waals surface area (Å²) in [4.78, 5) is 40.2. The van der Waals surface area contributed by atoms with Crippen LogP contribution in [-0.2, 0) is 27.9 Å². The quantitative estimate of drug-likeness (QED) is 0.0212. The van der Waals surface area contributed by atoms with Gasteiger partial charge in [-0.3, -0.25) is 14.2 Å². The Labute approximate surface area is 529 Å². The lowest BCUT2D eigenvalue weighted by Gasteiger charge is -2.30. The van der Waals surface area contributed by atoms with Crippen LogP contribution in [0.3, 0.4) is 0 Å². The predicted molar refractivity (Wildman–Crippen MR) is 367 cm³/mol. The zero-order valence-electron chi connectivity index (χ0n) is 57.3. The number of quaternary nitrogens is 1. The minimum absolute atomic E-state index is 0.0237. The lowest BCUT2D eigenvalue weighted by molar-refractivity contribution is -0.870. The number of hydrogen-bond acceptors (Lipinski definition) is 7. The SMILES string of the molecule is CCCCC/C=C\C/C=C\C/C=C\CCCCCCCCC(=O)NC(COP(=O)([O-])OCC[N+](C)(C)C)C(/C=C\CCCCCCCCCCCCC)OC(=O)CCCCCCCCCCCCCCCCCCCCCCCCCCCCC. The first kappa shape index (κ1) is 83.0. The number of amides is 1. The summed E-state index contributed by atoms with van der Waals surface area (Å²) in [5, 5.41) is 3.04. The summed E-state index contributed by atoms with van der Waals surface area (Å²) in [6.45, 7) is 6.87. The third-order valence-electron chi connectivity index (χ3n) is 16.8. The summed E-state index contributed by atoms with van der Waals surface area (Å²) in [6.07, 6.45) is 82.4. The van der Waals surface area contributed by atoms with Crippen LogP contribution in [0.15, 0.2) is 48.6 Å². The fraction of sp³-hybridized carbons (Fsp3) is 0.867. The van der Waals surface area contributed by atoms with Crippen LogP contribution in [0.5, 0.6) is 0 Å². The highest BCUT2D eigenvalue weighted by atomic mass is 31.2. The Morgan fingerprint density at radius 2 is 0.718 bits per heavy atom. The predicted octanol–water partition coefficient (Wildman–Crippen LogP) is 22.9. The van der Waals surface area contributed by atoms with E-state index < -0.39 is 26.6 Å². The van der Waals surface area contributed by atoms with Gasteiger partial charge in [-0.1, -0.05) is 333 Å². The summed E-state index contributed by atoms with van der Waals surface area (Å²) in [6, 6.07) is -0.895. The average molecular weight is 1220 g/mol. The van der Waals surface area contributed by atoms with E-state index in [0.717, 1.165) is 89.9 Å². The molecule has 0 saturated heterocycles. The lowest BCUT2D eigenvalue weighted by Crippen LogP contribution is -2.47. The number of phosphoric acid groups is 1. The number of allylic oxidation sites excluding steroid dienone is 7. The van der Waals surface area contributed by atoms with Crippen molar-refractivity contribution < 1.29 is 37.3 Å². The molecule has 1 N–H and O–H groups in total. The van der Waals surface area contributed by atoms with Crippen LogP contribution >= 0.6 is 7.82 Å². The Hall–Kier alpha value is -2.03. The van der Waals surface area contributed by atoms with Crippen molar-refractivity contribution in [2.45, 2.75) is 380 Å². The first-order chi connectivity index (χ1) is 41.4. The molecule has 0 rings (SSSR count). The highest BCUT2D eigenvalue weighted by molar-refractivity contribution is 7.45. The zero-order valence-corrected chi connectivity index (χ0v) is 58.2. The summed E-state index contributed by atoms with van der Waals surface area (Å²) in [7, 11) is 1.19. The van der Waals surface area contributed by atoms with Gasteiger partial charge in [-0.25, -0.2) is 0 Å². The minimum atomic E-state index is -4.71. The van der Waals surface area contributed by atoms with Crippen molar-refractivity contribution in [1.29, 1.82) is 0 Å². The Kier molecular flexibility index (Phi) is 63.4. The number of rotatable bonds is 68. The van der Waals surface area contributed by atoms with Gasteiger partial charge in [0.1, 0.15) is 19.3 Å². The molecule has 0 saturated carbocycles. The lowest BCUT2D eigenvalue weighted by atomic mass is 10.0. The topological polar surface area (TPSA) is 114 Å². The second-order valence-electron chi connectivity index (χ2n) is 26.5. The number of nitrogens with one attached hydrogen (secondary N) is 1. The van der Waals surface area contributed by atoms with E-state index in [1.165, 1.54) is 244 Å². The van der Waals surface area contributed by atoms with Crippen molar-refractivity contribution >= 4 is 19.7 Å². The second kappa shape index (κ2) is 64.9. The number of phosphoric ester groups is 1. The van der Waals surface area contributed by atoms with Crippen molar-refractivity contribution in [3.8, 4) is 0 Å². The van der Waals surface area contributed by atoms with Gasteiger partial charge >= 0.3 is 5.97 Å². The third-order valence-corrected chi connectivity index (χ3v) is 17.7. The maximum atomic E-state index is 13.6. The van der Waals surface area contributed by atoms with E-state index in [9.17, 15) is 19.0 Å². The minimum Gasteiger partial charge on any atom is -0.756 e. The molecule has 0 bridgehead atoms. The van der Waals surface area contributed by atoms with Gasteiger partial charge in [-0.15, -0.1) is 0 Å². The Bertz CT molecular complexity index is 1590. The van der Waals surface area contributed by atoms with Crippen molar-refractivity contribution in [2.75, 3.05) is 40.9 Å². The number of hydrogen-bond donors (Lipinski definition) is 1. The molecule has 0 aliphatic heterocycles. The molecule has 0 aliphatic rings. The highest BCUT2D eigenvalue weighted by Crippen LogP contribution is 2.38. The monoisotopic (exact) mass is 1220 g/mol. The van der Waals surface area contributed by atoms with Gasteiger partial charge in [0.15, 0.2) is 0 Å². The molecule has 0 radical (unpaired) electrons. The van der Waals surface area contributed by atoms with Gasteiger partial charge < -0.3 is 28.5 Å². The second-order valence-corrected chi connectivity index (χ2v) is 27.9. The molecule has 0 heterocycles. The summed E-state index contributed by atoms with van der Waals surface area (Å²) >= 11 is 0. The van der Waals surface area contributed by atoms with Gasteiger partial charge in [0.2, 0.25) is 5.91 Å². The summed E-state index contributed by atoms with van der Waals surface area (Å²) in [5.41, 5.74) is 0. The van der Waals surface area contributed by atoms with E-state index in [0.29, 0.717) is 17.4 Å². The molecule has 85 heavy (non-hydrogen) atoms. The normalized spacial score (nSPS) is 13.7. The number of carbonyl (C=O) groups excluding carboxylic acids is 2. The van der Waals surface area contributed by atoms with E-state index in [1.807, 2.05) is 33.3 Å². The number of likely N-dealkylation sites (N-methyl/N-ethyl adjacent to an activating group) is 1. The molecular formula is C75H143N2O7P. The highest BCUT2D eigenvalue weighted by Gasteiger charge is 2.27. The van der Waals surface area contributed by atoms with Crippen LogP contribution < -0.4 is 10.2 Å². The number of unbranched alkanes of at least 4 members (excludes halogenated alkanes) is 46. The smallest absolute Gasteiger partial charge is 0.306 e. The molecule has 9 nitrogen and oxygen atoms in total. The number of carbonyl (C=O) groups is 2. The molecule has 0 aromatic carbocycles. The van der Waals surface area contributed by atoms with E-state index in [-0.39, 0.29) is 24.9 Å². The van der Waals surface area contributed by atoms with Gasteiger partial charge in [0.05, 0.1) is 33.8 Å². The molecule has 0 spiro atoms. The van der Waals surface area contributed by atoms with Crippen LogP contribution in [0.4, 0.5) is 0 Å². The van der Waals surface area contributed by atoms with Crippen LogP contribution in [0.2, 0.25) is 0 Å². The Morgan fingerprint density at radius 1 is 0.412 bits per heavy atom. The number of ether oxygens (including phenoxy) is 1. The Morgan fingerprint density at radius 3 is 1.09 bits per heavy atom. The van der Waals surface area contributed by atoms with E-state index in [2.05, 4.69) is 62.5 Å². The van der Waals surface area contributed by atoms with Crippen LogP contribution in [0.25, 0.3) is 0 Å². The maximum Gasteiger partial charge on any atom is 0.306 e. The van der Waals surface area contributed by atoms with Crippen molar-refractivity contribution in [3.63, 3.8) is 0 Å². The summed E-state index contributed by atoms with van der Waals surface area (Å²) < 4.78 is 30.5. The molecule has 500 valence electrons. The molecule has 0 aliphatic carbocycles. The van der Waals surface area contributed by atoms with Gasteiger partial charge in [-0.2, -0.15) is 0 Å². The van der Waals surface area contributed by atoms with Crippen molar-refractivity contribution in [2.24, 2.45) is 0 Å². The first-order valence-electron chi connectivity index (χ1n) is 36.9. The number of esters is 1. The first-order valence-corrected chi connectivity index (χ1v) is 38.4. The molecule has 3 unspecified atom stereocenters. The molecule has 0 aromatic rings. The van der Waals surface area contributed by atoms with Gasteiger partial charge in [-0.05, 0) is 70.3 Å². The molecule has 0 fully saturated rings. The zero-order chi connectivity index (χ0) is 62.1. The maximum absolute atomic E-state index is 13.6. The molecule has 1 amide bonds. The standard InChI is InChI=1S/C75H143N2O7P/c1-7-10-13-16-19-22-25-28-30-32-34-35-36-37-38-39-40-41-43-45-47-50-53-56-59-62-65-68-75(79)84-73(66-63-60-57-54-51-48-27-24-21-18-15-12-9-3)72(71-83-85(80,81)82-70-69-77(4,5)6)76-74(78)67-64-61-58-55-52-49-46-44-42-33-31-29-26-23-20-17-14-11-8-2/h20,23,29,31,42,44,63,66,72-73H,7-19,21-22,24-28,30,32-41,43,45-62,64-65,67-71H2,1-6H3,(H-,76,78,80,81)/b23-20-,31-29-,44-42-,66-63-. The molecule has 0 aromatic heterocycles. The fourth-order valence-corrected chi connectivity index (χ4v) is 11.8. The van der Waals surface area contributed by atoms with Crippen molar-refractivity contribution in [1.82, 2.24) is 5.32 Å². The van der Waals surface area contributed by atoms with E-state index in [1.54, 1.807) is 0 Å². The molecule has 10 heteroatoms. The molecule has 3 atom stereocenters. The van der Waals surface area contributed by atoms with Crippen LogP contribution in [0, 0.1) is 0 Å². The Balaban J connectivity index is 5.02. The van der Waals surface area contributed by atoms with Crippen LogP contribution in [0.1, 0.15) is 367 Å². The fourth-order valence-electron chi connectivity index (χ4n) is 11.1. The van der Waals surface area contributed by atoms with Crippen LogP contribution in [-0.4, -0.2) is 69.4 Å². The van der Waals surface area contributed by atoms with E-state index >= 15 is 0 Å². The summed E-state index contributed by atoms with van der Waals surface area (Å²) in [5.74, 6) is -0.538. The van der Waals surface area contributed by atoms with Gasteiger partial charge in [0.25, 0.3) is 7.82 Å². The average Bonchev–Trinajstić information content (AvgIpc) is 3.50. The largest absolute Gasteiger partial charge is 0.756 e. The molecular weight excluding hydrogens is 1070 g/mol. The third kappa shape index (κ3) is 66.2.